The minimum Gasteiger partial charge on any atom is -0.334 e. The number of nitro groups is 1. The number of hydrogen-bond acceptors (Lipinski definition) is 7. The van der Waals surface area contributed by atoms with Crippen LogP contribution in [-0.2, 0) is 0 Å². The molecule has 0 radical (unpaired) electrons. The van der Waals surface area contributed by atoms with Gasteiger partial charge in [0, 0.05) is 38.6 Å². The van der Waals surface area contributed by atoms with Crippen LogP contribution in [0.4, 0.5) is 11.4 Å². The summed E-state index contributed by atoms with van der Waals surface area (Å²) < 4.78 is 5.51. The molecule has 180 valence electrons. The number of amides is 1. The third-order valence-electron chi connectivity index (χ3n) is 6.88. The maximum atomic E-state index is 13.6. The van der Waals surface area contributed by atoms with Gasteiger partial charge >= 0.3 is 0 Å². The van der Waals surface area contributed by atoms with Crippen molar-refractivity contribution < 1.29 is 14.2 Å². The molecule has 1 amide bonds. The van der Waals surface area contributed by atoms with Crippen LogP contribution in [0, 0.1) is 17.0 Å². The van der Waals surface area contributed by atoms with Gasteiger partial charge in [0.25, 0.3) is 17.5 Å². The van der Waals surface area contributed by atoms with Gasteiger partial charge in [-0.1, -0.05) is 48.0 Å². The molecular weight excluding hydrogens is 476 g/mol. The Morgan fingerprint density at radius 3 is 2.61 bits per heavy atom. The molecule has 2 aliphatic rings. The Morgan fingerprint density at radius 2 is 1.81 bits per heavy atom. The van der Waals surface area contributed by atoms with Gasteiger partial charge in [-0.25, -0.2) is 0 Å². The second-order valence-electron chi connectivity index (χ2n) is 9.02. The third kappa shape index (κ3) is 3.76. The molecule has 9 heteroatoms. The van der Waals surface area contributed by atoms with Gasteiger partial charge < -0.3 is 9.42 Å². The summed E-state index contributed by atoms with van der Waals surface area (Å²) in [4.78, 5) is 32.9. The molecule has 1 aliphatic heterocycles. The molecule has 2 heterocycles. The lowest BCUT2D eigenvalue weighted by Gasteiger charge is -2.29. The summed E-state index contributed by atoms with van der Waals surface area (Å²) in [5.74, 6) is 0.650. The zero-order valence-corrected chi connectivity index (χ0v) is 20.3. The molecule has 3 aromatic carbocycles. The van der Waals surface area contributed by atoms with Gasteiger partial charge in [-0.15, -0.1) is 0 Å². The summed E-state index contributed by atoms with van der Waals surface area (Å²) in [6.45, 7) is 1.67. The molecule has 0 bridgehead atoms. The fraction of sp³-hybridized carbons (Fsp3) is 0.222. The highest BCUT2D eigenvalue weighted by Crippen LogP contribution is 2.45. The molecular formula is C27H22N4O4S. The van der Waals surface area contributed by atoms with Crippen molar-refractivity contribution >= 4 is 29.0 Å². The van der Waals surface area contributed by atoms with Gasteiger partial charge in [0.15, 0.2) is 0 Å². The minimum atomic E-state index is -0.422. The van der Waals surface area contributed by atoms with E-state index in [0.717, 1.165) is 52.3 Å². The topological polar surface area (TPSA) is 102 Å². The molecule has 36 heavy (non-hydrogen) atoms. The molecule has 1 aliphatic carbocycles. The van der Waals surface area contributed by atoms with E-state index in [1.54, 1.807) is 30.8 Å². The Labute approximate surface area is 211 Å². The fourth-order valence-corrected chi connectivity index (χ4v) is 6.16. The number of nitro benzene ring substituents is 1. The van der Waals surface area contributed by atoms with Crippen LogP contribution in [0.2, 0.25) is 0 Å². The zero-order chi connectivity index (χ0) is 24.8. The van der Waals surface area contributed by atoms with E-state index in [4.69, 9.17) is 4.52 Å². The normalized spacial score (nSPS) is 15.5. The van der Waals surface area contributed by atoms with Crippen LogP contribution in [0.1, 0.15) is 41.6 Å². The van der Waals surface area contributed by atoms with Crippen molar-refractivity contribution in [3.8, 4) is 22.8 Å². The first-order valence-electron chi connectivity index (χ1n) is 11.8. The van der Waals surface area contributed by atoms with E-state index in [0.29, 0.717) is 17.0 Å². The van der Waals surface area contributed by atoms with Gasteiger partial charge in [-0.05, 0) is 56.2 Å². The van der Waals surface area contributed by atoms with Gasteiger partial charge in [0.05, 0.1) is 16.2 Å². The van der Waals surface area contributed by atoms with E-state index >= 15 is 0 Å². The molecule has 0 N–H and O–H groups in total. The molecule has 1 aromatic heterocycles. The predicted octanol–water partition coefficient (Wildman–Crippen LogP) is 6.67. The number of anilines is 1. The number of nitrogens with zero attached hydrogens (tertiary/aromatic N) is 4. The number of benzene rings is 3. The van der Waals surface area contributed by atoms with Crippen molar-refractivity contribution in [1.29, 1.82) is 0 Å². The maximum absolute atomic E-state index is 13.6. The van der Waals surface area contributed by atoms with Crippen LogP contribution in [0.3, 0.4) is 0 Å². The van der Waals surface area contributed by atoms with E-state index in [9.17, 15) is 14.9 Å². The largest absolute Gasteiger partial charge is 0.334 e. The van der Waals surface area contributed by atoms with E-state index in [-0.39, 0.29) is 23.5 Å². The van der Waals surface area contributed by atoms with Crippen LogP contribution in [0.25, 0.3) is 22.8 Å². The Balaban J connectivity index is 1.42. The molecule has 0 saturated heterocycles. The number of carbonyl (C=O) groups is 1. The zero-order valence-electron chi connectivity index (χ0n) is 19.5. The number of rotatable bonds is 4. The monoisotopic (exact) mass is 498 g/mol. The Bertz CT molecular complexity index is 1510. The average molecular weight is 499 g/mol. The first-order chi connectivity index (χ1) is 17.5. The van der Waals surface area contributed by atoms with E-state index in [1.165, 1.54) is 6.07 Å². The van der Waals surface area contributed by atoms with Crippen LogP contribution < -0.4 is 4.90 Å². The molecule has 0 spiro atoms. The van der Waals surface area contributed by atoms with E-state index in [2.05, 4.69) is 10.1 Å². The molecule has 0 unspecified atom stereocenters. The summed E-state index contributed by atoms with van der Waals surface area (Å²) in [5, 5.41) is 15.5. The first-order valence-corrected chi connectivity index (χ1v) is 12.7. The first kappa shape index (κ1) is 22.5. The second-order valence-corrected chi connectivity index (χ2v) is 10.1. The summed E-state index contributed by atoms with van der Waals surface area (Å²) in [7, 11) is 0. The fourth-order valence-electron chi connectivity index (χ4n) is 5.05. The van der Waals surface area contributed by atoms with Crippen LogP contribution in [0.15, 0.2) is 75.0 Å². The van der Waals surface area contributed by atoms with Crippen molar-refractivity contribution in [3.63, 3.8) is 0 Å². The number of fused-ring (bicyclic) bond motifs is 2. The van der Waals surface area contributed by atoms with Crippen molar-refractivity contribution in [2.24, 2.45) is 0 Å². The quantitative estimate of drug-likeness (QED) is 0.228. The van der Waals surface area contributed by atoms with Gasteiger partial charge in [0.1, 0.15) is 0 Å². The lowest BCUT2D eigenvalue weighted by atomic mass is 10.1. The summed E-state index contributed by atoms with van der Waals surface area (Å²) >= 11 is 1.57. The number of carbonyl (C=O) groups excluding carboxylic acids is 1. The summed E-state index contributed by atoms with van der Waals surface area (Å²) in [6.07, 6.45) is 4.24. The smallest absolute Gasteiger partial charge is 0.273 e. The van der Waals surface area contributed by atoms with Crippen molar-refractivity contribution in [1.82, 2.24) is 10.1 Å². The standard InChI is InChI=1S/C27H22N4O4S/c1-16-19(10-6-11-21(16)31(33)34)26-28-25(29-35-26)17-13-14-22-24(15-17)36-23-12-5-4-9-20(23)27(32)30(22)18-7-2-3-8-18/h4-6,9-15,18H,2-3,7-8H2,1H3. The maximum Gasteiger partial charge on any atom is 0.273 e. The van der Waals surface area contributed by atoms with Crippen molar-refractivity contribution in [2.75, 3.05) is 4.90 Å². The number of aromatic nitrogens is 2. The van der Waals surface area contributed by atoms with Crippen molar-refractivity contribution in [3.05, 3.63) is 81.9 Å². The minimum absolute atomic E-state index is 0.00372. The van der Waals surface area contributed by atoms with E-state index < -0.39 is 4.92 Å². The Morgan fingerprint density at radius 1 is 1.03 bits per heavy atom. The van der Waals surface area contributed by atoms with E-state index in [1.807, 2.05) is 47.4 Å². The van der Waals surface area contributed by atoms with Crippen LogP contribution in [0.5, 0.6) is 0 Å². The average Bonchev–Trinajstić information content (AvgIpc) is 3.56. The lowest BCUT2D eigenvalue weighted by molar-refractivity contribution is -0.385. The molecule has 1 saturated carbocycles. The Hall–Kier alpha value is -3.98. The molecule has 1 fully saturated rings. The molecule has 8 nitrogen and oxygen atoms in total. The molecule has 6 rings (SSSR count). The molecule has 4 aromatic rings. The highest BCUT2D eigenvalue weighted by molar-refractivity contribution is 7.99. The highest BCUT2D eigenvalue weighted by atomic mass is 32.2. The van der Waals surface area contributed by atoms with Crippen LogP contribution >= 0.6 is 11.8 Å². The summed E-state index contributed by atoms with van der Waals surface area (Å²) in [6, 6.07) is 18.6. The second kappa shape index (κ2) is 8.91. The van der Waals surface area contributed by atoms with Gasteiger partial charge in [-0.3, -0.25) is 14.9 Å². The van der Waals surface area contributed by atoms with Gasteiger partial charge in [-0.2, -0.15) is 4.98 Å². The van der Waals surface area contributed by atoms with Gasteiger partial charge in [0.2, 0.25) is 5.82 Å². The molecule has 0 atom stereocenters. The lowest BCUT2D eigenvalue weighted by Crippen LogP contribution is -2.39. The highest BCUT2D eigenvalue weighted by Gasteiger charge is 2.34. The third-order valence-corrected chi connectivity index (χ3v) is 8.00. The predicted molar refractivity (Wildman–Crippen MR) is 136 cm³/mol. The summed E-state index contributed by atoms with van der Waals surface area (Å²) in [5.41, 5.74) is 3.36. The number of hydrogen-bond donors (Lipinski definition) is 0. The Kier molecular flexibility index (Phi) is 5.56. The van der Waals surface area contributed by atoms with Crippen LogP contribution in [-0.4, -0.2) is 27.0 Å². The van der Waals surface area contributed by atoms with Crippen molar-refractivity contribution in [2.45, 2.75) is 48.4 Å². The SMILES string of the molecule is Cc1c(-c2nc(-c3ccc4c(c3)Sc3ccccc3C(=O)N4C3CCCC3)no2)cccc1[N+](=O)[O-].